The van der Waals surface area contributed by atoms with E-state index in [4.69, 9.17) is 16.3 Å². The minimum atomic E-state index is -0.289. The lowest BCUT2D eigenvalue weighted by atomic mass is 10.2. The predicted octanol–water partition coefficient (Wildman–Crippen LogP) is 2.47. The van der Waals surface area contributed by atoms with Crippen LogP contribution < -0.4 is 15.2 Å². The van der Waals surface area contributed by atoms with Crippen molar-refractivity contribution >= 4 is 17.3 Å². The molecule has 0 amide bonds. The number of benzene rings is 1. The van der Waals surface area contributed by atoms with Crippen molar-refractivity contribution in [3.8, 4) is 5.75 Å². The number of hydrogen-bond acceptors (Lipinski definition) is 4. The Hall–Kier alpha value is -2.01. The highest BCUT2D eigenvalue weighted by Gasteiger charge is 2.13. The van der Waals surface area contributed by atoms with E-state index in [0.717, 1.165) is 17.9 Å². The van der Waals surface area contributed by atoms with Crippen molar-refractivity contribution < 1.29 is 4.74 Å². The quantitative estimate of drug-likeness (QED) is 0.851. The normalized spacial score (nSPS) is 10.5. The lowest BCUT2D eigenvalue weighted by Crippen LogP contribution is -2.27. The van der Waals surface area contributed by atoms with Crippen LogP contribution in [0.2, 0.25) is 5.02 Å². The molecule has 21 heavy (non-hydrogen) atoms. The van der Waals surface area contributed by atoms with Gasteiger partial charge in [0.25, 0.3) is 5.56 Å². The van der Waals surface area contributed by atoms with Crippen molar-refractivity contribution in [1.82, 2.24) is 9.78 Å². The van der Waals surface area contributed by atoms with Gasteiger partial charge >= 0.3 is 0 Å². The highest BCUT2D eigenvalue weighted by atomic mass is 35.5. The molecule has 1 aromatic heterocycles. The van der Waals surface area contributed by atoms with Crippen LogP contribution in [0.25, 0.3) is 0 Å². The van der Waals surface area contributed by atoms with Gasteiger partial charge in [-0.1, -0.05) is 23.7 Å². The maximum absolute atomic E-state index is 11.9. The number of anilines is 1. The molecule has 2 aromatic rings. The number of aromatic nitrogens is 2. The van der Waals surface area contributed by atoms with Gasteiger partial charge in [-0.15, -0.1) is 0 Å². The summed E-state index contributed by atoms with van der Waals surface area (Å²) >= 11 is 6.15. The third-order valence-corrected chi connectivity index (χ3v) is 3.67. The van der Waals surface area contributed by atoms with E-state index in [1.165, 1.54) is 4.68 Å². The van der Waals surface area contributed by atoms with E-state index in [2.05, 4.69) is 5.10 Å². The second-order valence-corrected chi connectivity index (χ2v) is 5.01. The van der Waals surface area contributed by atoms with Crippen molar-refractivity contribution in [3.05, 3.63) is 51.4 Å². The monoisotopic (exact) mass is 307 g/mol. The van der Waals surface area contributed by atoms with Gasteiger partial charge in [0, 0.05) is 20.1 Å². The van der Waals surface area contributed by atoms with E-state index in [1.807, 2.05) is 36.1 Å². The van der Waals surface area contributed by atoms with Gasteiger partial charge in [-0.25, -0.2) is 4.68 Å². The Labute approximate surface area is 128 Å². The van der Waals surface area contributed by atoms with Crippen LogP contribution in [0.15, 0.2) is 35.3 Å². The highest BCUT2D eigenvalue weighted by Crippen LogP contribution is 2.23. The highest BCUT2D eigenvalue weighted by molar-refractivity contribution is 6.33. The van der Waals surface area contributed by atoms with Gasteiger partial charge in [0.1, 0.15) is 10.8 Å². The first-order valence-electron chi connectivity index (χ1n) is 6.66. The molecule has 0 N–H and O–H groups in total. The number of ether oxygens (including phenoxy) is 1. The summed E-state index contributed by atoms with van der Waals surface area (Å²) in [6, 6.07) is 7.80. The second-order valence-electron chi connectivity index (χ2n) is 4.63. The topological polar surface area (TPSA) is 47.4 Å². The number of rotatable bonds is 5. The first kappa shape index (κ1) is 15.4. The summed E-state index contributed by atoms with van der Waals surface area (Å²) in [5, 5.41) is 4.23. The summed E-state index contributed by atoms with van der Waals surface area (Å²) in [5.41, 5.74) is 1.47. The molecular weight excluding hydrogens is 290 g/mol. The average molecular weight is 308 g/mol. The molecule has 0 bridgehead atoms. The van der Waals surface area contributed by atoms with Gasteiger partial charge in [0.2, 0.25) is 0 Å². The Morgan fingerprint density at radius 2 is 2.00 bits per heavy atom. The van der Waals surface area contributed by atoms with Gasteiger partial charge in [0.15, 0.2) is 0 Å². The zero-order valence-electron chi connectivity index (χ0n) is 12.3. The van der Waals surface area contributed by atoms with E-state index in [9.17, 15) is 4.79 Å². The van der Waals surface area contributed by atoms with Crippen LogP contribution in [0.1, 0.15) is 12.5 Å². The number of hydrogen-bond donors (Lipinski definition) is 0. The fourth-order valence-corrected chi connectivity index (χ4v) is 2.33. The number of aryl methyl sites for hydroxylation is 1. The second kappa shape index (κ2) is 6.63. The summed E-state index contributed by atoms with van der Waals surface area (Å²) < 4.78 is 6.37. The van der Waals surface area contributed by atoms with Crippen LogP contribution in [0.4, 0.5) is 5.69 Å². The molecule has 2 rings (SSSR count). The number of methoxy groups -OCH3 is 1. The van der Waals surface area contributed by atoms with Crippen LogP contribution in [-0.4, -0.2) is 23.4 Å². The van der Waals surface area contributed by atoms with Crippen LogP contribution >= 0.6 is 11.6 Å². The van der Waals surface area contributed by atoms with Crippen molar-refractivity contribution in [2.45, 2.75) is 13.5 Å². The van der Waals surface area contributed by atoms with Gasteiger partial charge < -0.3 is 9.64 Å². The molecule has 1 heterocycles. The summed E-state index contributed by atoms with van der Waals surface area (Å²) in [4.78, 5) is 13.9. The smallest absolute Gasteiger partial charge is 0.287 e. The maximum Gasteiger partial charge on any atom is 0.287 e. The number of halogens is 1. The zero-order chi connectivity index (χ0) is 15.4. The first-order chi connectivity index (χ1) is 10.1. The SMILES string of the molecule is CCN(Cc1ccc(OC)cc1)c1cnn(C)c(=O)c1Cl. The molecule has 0 radical (unpaired) electrons. The lowest BCUT2D eigenvalue weighted by molar-refractivity contribution is 0.414. The molecule has 0 spiro atoms. The maximum atomic E-state index is 11.9. The first-order valence-corrected chi connectivity index (χ1v) is 7.04. The van der Waals surface area contributed by atoms with Gasteiger partial charge in [-0.3, -0.25) is 4.79 Å². The van der Waals surface area contributed by atoms with Crippen LogP contribution in [-0.2, 0) is 13.6 Å². The van der Waals surface area contributed by atoms with E-state index >= 15 is 0 Å². The Kier molecular flexibility index (Phi) is 4.85. The van der Waals surface area contributed by atoms with Crippen molar-refractivity contribution in [2.24, 2.45) is 7.05 Å². The molecule has 0 fully saturated rings. The minimum Gasteiger partial charge on any atom is -0.497 e. The Morgan fingerprint density at radius 3 is 2.57 bits per heavy atom. The third-order valence-electron chi connectivity index (χ3n) is 3.31. The zero-order valence-corrected chi connectivity index (χ0v) is 13.1. The predicted molar refractivity (Wildman–Crippen MR) is 84.2 cm³/mol. The summed E-state index contributed by atoms with van der Waals surface area (Å²) in [5.74, 6) is 0.815. The van der Waals surface area contributed by atoms with Gasteiger partial charge in [-0.05, 0) is 24.6 Å². The summed E-state index contributed by atoms with van der Waals surface area (Å²) in [7, 11) is 3.22. The molecule has 5 nitrogen and oxygen atoms in total. The molecule has 0 aliphatic rings. The van der Waals surface area contributed by atoms with Crippen molar-refractivity contribution in [2.75, 3.05) is 18.6 Å². The molecule has 0 atom stereocenters. The molecular formula is C15H18ClN3O2. The minimum absolute atomic E-state index is 0.197. The Morgan fingerprint density at radius 1 is 1.33 bits per heavy atom. The molecule has 0 unspecified atom stereocenters. The van der Waals surface area contributed by atoms with Gasteiger partial charge in [0.05, 0.1) is 19.0 Å². The van der Waals surface area contributed by atoms with E-state index in [-0.39, 0.29) is 10.6 Å². The van der Waals surface area contributed by atoms with E-state index in [0.29, 0.717) is 12.2 Å². The molecule has 0 saturated carbocycles. The van der Waals surface area contributed by atoms with Gasteiger partial charge in [-0.2, -0.15) is 5.10 Å². The van der Waals surface area contributed by atoms with E-state index < -0.39 is 0 Å². The van der Waals surface area contributed by atoms with Crippen LogP contribution in [0.5, 0.6) is 5.75 Å². The molecule has 112 valence electrons. The summed E-state index contributed by atoms with van der Waals surface area (Å²) in [6.07, 6.45) is 1.62. The Balaban J connectivity index is 2.27. The molecule has 1 aromatic carbocycles. The largest absolute Gasteiger partial charge is 0.497 e. The molecule has 0 saturated heterocycles. The molecule has 6 heteroatoms. The molecule has 0 aliphatic heterocycles. The van der Waals surface area contributed by atoms with Crippen LogP contribution in [0.3, 0.4) is 0 Å². The van der Waals surface area contributed by atoms with Crippen LogP contribution in [0, 0.1) is 0 Å². The number of nitrogens with zero attached hydrogens (tertiary/aromatic N) is 3. The van der Waals surface area contributed by atoms with Crippen molar-refractivity contribution in [1.29, 1.82) is 0 Å². The standard InChI is InChI=1S/C15H18ClN3O2/c1-4-19(10-11-5-7-12(21-3)8-6-11)13-9-17-18(2)15(20)14(13)16/h5-9H,4,10H2,1-3H3. The molecule has 0 aliphatic carbocycles. The van der Waals surface area contributed by atoms with Crippen molar-refractivity contribution in [3.63, 3.8) is 0 Å². The fraction of sp³-hybridized carbons (Fsp3) is 0.333. The third kappa shape index (κ3) is 3.36. The summed E-state index contributed by atoms with van der Waals surface area (Å²) in [6.45, 7) is 3.38. The lowest BCUT2D eigenvalue weighted by Gasteiger charge is -2.23. The fourth-order valence-electron chi connectivity index (χ4n) is 2.04. The van der Waals surface area contributed by atoms with E-state index in [1.54, 1.807) is 20.4 Å². The average Bonchev–Trinajstić information content (AvgIpc) is 2.51. The Bertz CT molecular complexity index is 668.